The van der Waals surface area contributed by atoms with Crippen molar-refractivity contribution < 1.29 is 4.79 Å². The van der Waals surface area contributed by atoms with E-state index in [0.717, 1.165) is 41.2 Å². The molecule has 1 N–H and O–H groups in total. The van der Waals surface area contributed by atoms with Crippen LogP contribution in [-0.2, 0) is 17.3 Å². The van der Waals surface area contributed by atoms with E-state index in [0.29, 0.717) is 11.7 Å². The number of hydrogen-bond donors (Lipinski definition) is 1. The minimum absolute atomic E-state index is 0.00646. The highest BCUT2D eigenvalue weighted by Gasteiger charge is 2.75. The molecule has 0 radical (unpaired) electrons. The molecule has 0 saturated heterocycles. The molecule has 6 nitrogen and oxygen atoms in total. The van der Waals surface area contributed by atoms with Crippen molar-refractivity contribution in [1.82, 2.24) is 14.8 Å². The second-order valence-corrected chi connectivity index (χ2v) is 9.45. The standard InChI is InChI=1S/C24H23N5O/c1-14-20(17-10-27-29(2)11-17)21(14)22(30)28-19-8-16-7-18(4-3-15(16)9-26-19)24(13-25)12-23(24)5-6-23/h3-4,7-11,14,20-21H,5-6,12H2,1-2H3,(H,26,28,30). The lowest BCUT2D eigenvalue weighted by atomic mass is 9.92. The lowest BCUT2D eigenvalue weighted by Gasteiger charge is -2.11. The Labute approximate surface area is 174 Å². The van der Waals surface area contributed by atoms with Crippen molar-refractivity contribution in [2.24, 2.45) is 24.3 Å². The first kappa shape index (κ1) is 17.6. The van der Waals surface area contributed by atoms with Crippen LogP contribution in [0.5, 0.6) is 0 Å². The molecule has 6 heteroatoms. The van der Waals surface area contributed by atoms with Crippen molar-refractivity contribution in [2.45, 2.75) is 37.5 Å². The molecule has 4 unspecified atom stereocenters. The highest BCUT2D eigenvalue weighted by atomic mass is 16.2. The number of amides is 1. The number of rotatable bonds is 4. The van der Waals surface area contributed by atoms with Gasteiger partial charge in [-0.25, -0.2) is 4.98 Å². The zero-order chi connectivity index (χ0) is 20.7. The van der Waals surface area contributed by atoms with E-state index < -0.39 is 0 Å². The maximum absolute atomic E-state index is 12.9. The summed E-state index contributed by atoms with van der Waals surface area (Å²) in [6, 6.07) is 10.7. The molecule has 0 bridgehead atoms. The number of fused-ring (bicyclic) bond motifs is 1. The predicted molar refractivity (Wildman–Crippen MR) is 113 cm³/mol. The van der Waals surface area contributed by atoms with Crippen molar-refractivity contribution in [2.75, 3.05) is 5.32 Å². The number of nitrogens with zero attached hydrogens (tertiary/aromatic N) is 4. The van der Waals surface area contributed by atoms with Gasteiger partial charge in [0.2, 0.25) is 5.91 Å². The average molecular weight is 397 g/mol. The van der Waals surface area contributed by atoms with Crippen molar-refractivity contribution in [3.05, 3.63) is 54.0 Å². The minimum atomic E-state index is -0.311. The Bertz CT molecular complexity index is 1250. The SMILES string of the molecule is CC1C(C(=O)Nc2cc3cc(C4(C#N)CC45CC5)ccc3cn2)C1c1cnn(C)c1. The molecule has 150 valence electrons. The number of hydrogen-bond acceptors (Lipinski definition) is 4. The number of nitrogens with one attached hydrogen (secondary N) is 1. The second-order valence-electron chi connectivity index (χ2n) is 9.45. The van der Waals surface area contributed by atoms with Crippen LogP contribution < -0.4 is 5.32 Å². The Hall–Kier alpha value is -3.20. The number of pyridine rings is 1. The minimum Gasteiger partial charge on any atom is -0.310 e. The Morgan fingerprint density at radius 2 is 2.10 bits per heavy atom. The molecule has 3 aliphatic rings. The van der Waals surface area contributed by atoms with Crippen LogP contribution in [0.25, 0.3) is 10.8 Å². The third-order valence-corrected chi connectivity index (χ3v) is 7.69. The van der Waals surface area contributed by atoms with Crippen LogP contribution in [0.15, 0.2) is 42.9 Å². The fraction of sp³-hybridized carbons (Fsp3) is 0.417. The number of aromatic nitrogens is 3. The summed E-state index contributed by atoms with van der Waals surface area (Å²) in [4.78, 5) is 17.3. The molecule has 3 saturated carbocycles. The van der Waals surface area contributed by atoms with Crippen molar-refractivity contribution in [1.29, 1.82) is 5.26 Å². The van der Waals surface area contributed by atoms with Gasteiger partial charge in [-0.15, -0.1) is 0 Å². The zero-order valence-electron chi connectivity index (χ0n) is 17.1. The molecule has 3 aromatic rings. The Morgan fingerprint density at radius 1 is 1.27 bits per heavy atom. The predicted octanol–water partition coefficient (Wildman–Crippen LogP) is 3.90. The average Bonchev–Trinajstić information content (AvgIpc) is 3.69. The van der Waals surface area contributed by atoms with E-state index in [1.165, 1.54) is 0 Å². The van der Waals surface area contributed by atoms with Gasteiger partial charge in [0.05, 0.1) is 17.7 Å². The first-order valence-electron chi connectivity index (χ1n) is 10.6. The lowest BCUT2D eigenvalue weighted by Crippen LogP contribution is -2.16. The van der Waals surface area contributed by atoms with Gasteiger partial charge < -0.3 is 5.32 Å². The van der Waals surface area contributed by atoms with E-state index in [2.05, 4.69) is 40.5 Å². The molecular formula is C24H23N5O. The summed E-state index contributed by atoms with van der Waals surface area (Å²) < 4.78 is 1.78. The number of carbonyl (C=O) groups excluding carboxylic acids is 1. The van der Waals surface area contributed by atoms with Crippen LogP contribution >= 0.6 is 0 Å². The number of nitriles is 1. The van der Waals surface area contributed by atoms with Crippen LogP contribution in [0.4, 0.5) is 5.82 Å². The molecule has 6 rings (SSSR count). The molecule has 0 aliphatic heterocycles. The Morgan fingerprint density at radius 3 is 2.77 bits per heavy atom. The van der Waals surface area contributed by atoms with E-state index in [-0.39, 0.29) is 28.6 Å². The summed E-state index contributed by atoms with van der Waals surface area (Å²) in [5, 5.41) is 19.1. The van der Waals surface area contributed by atoms with Gasteiger partial charge in [-0.1, -0.05) is 19.1 Å². The largest absolute Gasteiger partial charge is 0.310 e. The van der Waals surface area contributed by atoms with Crippen molar-refractivity contribution in [3.63, 3.8) is 0 Å². The molecule has 2 aromatic heterocycles. The molecular weight excluding hydrogens is 374 g/mol. The van der Waals surface area contributed by atoms with Gasteiger partial charge in [0, 0.05) is 36.7 Å². The zero-order valence-corrected chi connectivity index (χ0v) is 17.1. The molecule has 1 spiro atoms. The fourth-order valence-electron chi connectivity index (χ4n) is 5.52. The summed E-state index contributed by atoms with van der Waals surface area (Å²) >= 11 is 0. The van der Waals surface area contributed by atoms with Gasteiger partial charge in [-0.2, -0.15) is 10.4 Å². The summed E-state index contributed by atoms with van der Waals surface area (Å²) in [6.45, 7) is 2.10. The van der Waals surface area contributed by atoms with Crippen LogP contribution in [0, 0.1) is 28.6 Å². The monoisotopic (exact) mass is 397 g/mol. The van der Waals surface area contributed by atoms with Crippen LogP contribution in [-0.4, -0.2) is 20.7 Å². The van der Waals surface area contributed by atoms with Gasteiger partial charge in [0.15, 0.2) is 0 Å². The molecule has 4 atom stereocenters. The highest BCUT2D eigenvalue weighted by molar-refractivity contribution is 5.96. The molecule has 30 heavy (non-hydrogen) atoms. The summed E-state index contributed by atoms with van der Waals surface area (Å²) in [6.07, 6.45) is 8.93. The van der Waals surface area contributed by atoms with Crippen LogP contribution in [0.1, 0.15) is 43.2 Å². The van der Waals surface area contributed by atoms with E-state index in [9.17, 15) is 10.1 Å². The maximum Gasteiger partial charge on any atom is 0.229 e. The van der Waals surface area contributed by atoms with Gasteiger partial charge in [0.25, 0.3) is 0 Å². The van der Waals surface area contributed by atoms with Gasteiger partial charge in [0.1, 0.15) is 5.82 Å². The first-order chi connectivity index (χ1) is 14.5. The quantitative estimate of drug-likeness (QED) is 0.724. The molecule has 3 aliphatic carbocycles. The van der Waals surface area contributed by atoms with Gasteiger partial charge in [-0.3, -0.25) is 9.48 Å². The van der Waals surface area contributed by atoms with Gasteiger partial charge in [-0.05, 0) is 59.2 Å². The highest BCUT2D eigenvalue weighted by Crippen LogP contribution is 2.78. The van der Waals surface area contributed by atoms with Gasteiger partial charge >= 0.3 is 0 Å². The van der Waals surface area contributed by atoms with E-state index in [1.807, 2.05) is 31.6 Å². The maximum atomic E-state index is 12.9. The molecule has 2 heterocycles. The molecule has 1 amide bonds. The van der Waals surface area contributed by atoms with E-state index >= 15 is 0 Å². The number of anilines is 1. The van der Waals surface area contributed by atoms with Crippen molar-refractivity contribution >= 4 is 22.5 Å². The third kappa shape index (κ3) is 2.38. The molecule has 1 aromatic carbocycles. The topological polar surface area (TPSA) is 83.6 Å². The van der Waals surface area contributed by atoms with Crippen LogP contribution in [0.2, 0.25) is 0 Å². The van der Waals surface area contributed by atoms with E-state index in [1.54, 1.807) is 10.9 Å². The van der Waals surface area contributed by atoms with E-state index in [4.69, 9.17) is 0 Å². The third-order valence-electron chi connectivity index (χ3n) is 7.69. The first-order valence-corrected chi connectivity index (χ1v) is 10.6. The number of benzene rings is 1. The molecule has 3 fully saturated rings. The van der Waals surface area contributed by atoms with Crippen LogP contribution in [0.3, 0.4) is 0 Å². The number of aryl methyl sites for hydroxylation is 1. The normalized spacial score (nSPS) is 30.1. The smallest absolute Gasteiger partial charge is 0.229 e. The Kier molecular flexibility index (Phi) is 3.35. The lowest BCUT2D eigenvalue weighted by molar-refractivity contribution is -0.117. The Balaban J connectivity index is 1.24. The van der Waals surface area contributed by atoms with Crippen molar-refractivity contribution in [3.8, 4) is 6.07 Å². The second kappa shape index (κ2) is 5.69. The number of carbonyl (C=O) groups is 1. The summed E-state index contributed by atoms with van der Waals surface area (Å²) in [7, 11) is 1.89. The summed E-state index contributed by atoms with van der Waals surface area (Å²) in [5.41, 5.74) is 2.14. The summed E-state index contributed by atoms with van der Waals surface area (Å²) in [5.74, 6) is 1.02. The fourth-order valence-corrected chi connectivity index (χ4v) is 5.52.